The molecular weight excluding hydrogens is 789 g/mol. The molecule has 10 aromatic rings. The van der Waals surface area contributed by atoms with Crippen LogP contribution in [0.4, 0.5) is 0 Å². The van der Waals surface area contributed by atoms with E-state index in [0.717, 1.165) is 25.3 Å². The van der Waals surface area contributed by atoms with E-state index in [2.05, 4.69) is 40.8 Å². The van der Waals surface area contributed by atoms with Gasteiger partial charge in [0, 0.05) is 12.1 Å². The van der Waals surface area contributed by atoms with Gasteiger partial charge in [0.1, 0.15) is 44.1 Å². The summed E-state index contributed by atoms with van der Waals surface area (Å²) in [6.07, 6.45) is 0.0387. The van der Waals surface area contributed by atoms with E-state index in [1.54, 1.807) is 104 Å². The molecule has 0 amide bonds. The lowest BCUT2D eigenvalue weighted by Gasteiger charge is -2.17. The molecule has 10 rings (SSSR count). The number of benzene rings is 6. The molecule has 6 aromatic carbocycles. The van der Waals surface area contributed by atoms with Gasteiger partial charge in [-0.3, -0.25) is 4.79 Å². The van der Waals surface area contributed by atoms with Gasteiger partial charge in [-0.2, -0.15) is 4.89 Å². The molecule has 1 atom stereocenters. The minimum atomic E-state index is -0.843. The van der Waals surface area contributed by atoms with Crippen LogP contribution >= 0.6 is 0 Å². The van der Waals surface area contributed by atoms with E-state index in [4.69, 9.17) is 14.5 Å². The number of rotatable bonds is 11. The maximum absolute atomic E-state index is 13.6. The van der Waals surface area contributed by atoms with Gasteiger partial charge < -0.3 is 30.1 Å². The molecule has 0 fully saturated rings. The maximum atomic E-state index is 13.6. The lowest BCUT2D eigenvalue weighted by atomic mass is 10.1. The van der Waals surface area contributed by atoms with Crippen LogP contribution in [0.2, 0.25) is 0 Å². The Morgan fingerprint density at radius 3 is 1.18 bits per heavy atom. The van der Waals surface area contributed by atoms with Gasteiger partial charge >= 0.3 is 5.97 Å². The highest BCUT2D eigenvalue weighted by Crippen LogP contribution is 2.44. The number of hydrogen-bond acceptors (Lipinski definition) is 16. The molecule has 20 nitrogen and oxygen atoms in total. The van der Waals surface area contributed by atoms with Crippen LogP contribution in [0.25, 0.3) is 66.9 Å². The molecular formula is C41H30N12O8. The summed E-state index contributed by atoms with van der Waals surface area (Å²) < 4.78 is 5.79. The lowest BCUT2D eigenvalue weighted by molar-refractivity contribution is -0.209. The van der Waals surface area contributed by atoms with Crippen molar-refractivity contribution in [2.75, 3.05) is 6.61 Å². The van der Waals surface area contributed by atoms with Crippen LogP contribution in [0, 0.1) is 5.92 Å². The van der Waals surface area contributed by atoms with Crippen molar-refractivity contribution in [1.82, 2.24) is 60.0 Å². The van der Waals surface area contributed by atoms with Gasteiger partial charge in [-0.05, 0) is 55.0 Å². The van der Waals surface area contributed by atoms with Crippen LogP contribution in [-0.4, -0.2) is 93.0 Å². The van der Waals surface area contributed by atoms with Crippen LogP contribution in [-0.2, 0) is 9.68 Å². The van der Waals surface area contributed by atoms with E-state index in [0.29, 0.717) is 44.1 Å². The van der Waals surface area contributed by atoms with Gasteiger partial charge in [-0.25, -0.2) is 0 Å². The third-order valence-corrected chi connectivity index (χ3v) is 9.73. The van der Waals surface area contributed by atoms with Crippen molar-refractivity contribution >= 4 is 50.1 Å². The average Bonchev–Trinajstić information content (AvgIpc) is 4.06. The molecule has 61 heavy (non-hydrogen) atoms. The normalized spacial score (nSPS) is 12.1. The molecule has 0 bridgehead atoms. The van der Waals surface area contributed by atoms with Crippen LogP contribution < -0.4 is 9.62 Å². The van der Waals surface area contributed by atoms with Crippen molar-refractivity contribution < 1.29 is 39.7 Å². The van der Waals surface area contributed by atoms with Gasteiger partial charge in [-0.15, -0.1) is 60.0 Å². The Bertz CT molecular complexity index is 3190. The minimum Gasteiger partial charge on any atom is -0.505 e. The highest BCUT2D eigenvalue weighted by Gasteiger charge is 2.29. The molecule has 0 saturated carbocycles. The fourth-order valence-electron chi connectivity index (χ4n) is 6.64. The van der Waals surface area contributed by atoms with E-state index < -0.39 is 34.9 Å². The number of carbonyl (C=O) groups is 1. The Kier molecular flexibility index (Phi) is 8.79. The Labute approximate surface area is 341 Å². The van der Waals surface area contributed by atoms with Crippen molar-refractivity contribution in [2.24, 2.45) is 5.92 Å². The van der Waals surface area contributed by atoms with Crippen molar-refractivity contribution in [2.45, 2.75) is 13.3 Å². The van der Waals surface area contributed by atoms with Crippen LogP contribution in [0.5, 0.6) is 34.5 Å². The lowest BCUT2D eigenvalue weighted by Crippen LogP contribution is -2.21. The van der Waals surface area contributed by atoms with Crippen LogP contribution in [0.1, 0.15) is 13.3 Å². The summed E-state index contributed by atoms with van der Waals surface area (Å²) in [5.41, 5.74) is 3.48. The number of carbonyl (C=O) groups excluding carboxylic acids is 1. The molecule has 0 radical (unpaired) electrons. The number of aromatic hydroxyl groups is 4. The molecule has 0 aliphatic rings. The first-order valence-corrected chi connectivity index (χ1v) is 18.7. The van der Waals surface area contributed by atoms with E-state index >= 15 is 0 Å². The van der Waals surface area contributed by atoms with Crippen molar-refractivity contribution in [1.29, 1.82) is 0 Å². The number of ether oxygens (including phenoxy) is 1. The summed E-state index contributed by atoms with van der Waals surface area (Å²) >= 11 is 0. The first-order valence-electron chi connectivity index (χ1n) is 18.7. The molecule has 4 aromatic heterocycles. The number of fused-ring (bicyclic) bond motifs is 4. The first-order chi connectivity index (χ1) is 29.7. The third kappa shape index (κ3) is 6.53. The second-order valence-electron chi connectivity index (χ2n) is 13.8. The van der Waals surface area contributed by atoms with Crippen LogP contribution in [0.15, 0.2) is 109 Å². The van der Waals surface area contributed by atoms with Crippen molar-refractivity contribution in [3.63, 3.8) is 0 Å². The fourth-order valence-corrected chi connectivity index (χ4v) is 6.64. The number of phenolic OH excluding ortho intramolecular Hbond substituents is 4. The van der Waals surface area contributed by atoms with Gasteiger partial charge in [-0.1, -0.05) is 55.5 Å². The Morgan fingerprint density at radius 2 is 0.820 bits per heavy atom. The van der Waals surface area contributed by atoms with Crippen LogP contribution in [0.3, 0.4) is 0 Å². The third-order valence-electron chi connectivity index (χ3n) is 9.73. The monoisotopic (exact) mass is 818 g/mol. The van der Waals surface area contributed by atoms with Gasteiger partial charge in [0.15, 0.2) is 51.5 Å². The molecule has 20 heteroatoms. The predicted octanol–water partition coefficient (Wildman–Crippen LogP) is 5.39. The highest BCUT2D eigenvalue weighted by atomic mass is 17.2. The molecule has 0 aliphatic carbocycles. The maximum Gasteiger partial charge on any atom is 0.314 e. The summed E-state index contributed by atoms with van der Waals surface area (Å²) in [5.74, 6) is -4.03. The predicted molar refractivity (Wildman–Crippen MR) is 215 cm³/mol. The van der Waals surface area contributed by atoms with Gasteiger partial charge in [0.25, 0.3) is 0 Å². The summed E-state index contributed by atoms with van der Waals surface area (Å²) in [4.78, 5) is 29.2. The fraction of sp³-hybridized carbons (Fsp3) is 0.0976. The molecule has 0 spiro atoms. The summed E-state index contributed by atoms with van der Waals surface area (Å²) in [6, 6.07) is 30.4. The largest absolute Gasteiger partial charge is 0.505 e. The number of hydrogen-bond donors (Lipinski definition) is 4. The van der Waals surface area contributed by atoms with E-state index in [-0.39, 0.29) is 47.3 Å². The second-order valence-corrected chi connectivity index (χ2v) is 13.8. The number of aromatic nitrogens is 12. The van der Waals surface area contributed by atoms with E-state index in [9.17, 15) is 25.2 Å². The molecule has 1 unspecified atom stereocenters. The van der Waals surface area contributed by atoms with Gasteiger partial charge in [0.05, 0.1) is 12.5 Å². The van der Waals surface area contributed by atoms with Crippen molar-refractivity contribution in [3.05, 3.63) is 109 Å². The Hall–Kier alpha value is -8.65. The zero-order chi connectivity index (χ0) is 41.8. The summed E-state index contributed by atoms with van der Waals surface area (Å²) in [5, 5.41) is 81.2. The molecule has 0 saturated heterocycles. The zero-order valence-corrected chi connectivity index (χ0v) is 31.7. The molecule has 302 valence electrons. The number of esters is 1. The quantitative estimate of drug-likeness (QED) is 0.0420. The smallest absolute Gasteiger partial charge is 0.314 e. The average molecular weight is 819 g/mol. The molecule has 0 aliphatic heterocycles. The van der Waals surface area contributed by atoms with Crippen molar-refractivity contribution in [3.8, 4) is 57.2 Å². The number of nitrogens with zero attached hydrogens (tertiary/aromatic N) is 12. The molecule has 4 heterocycles. The standard InChI is InChI=1S/C41H30N12O8/c1-22(41(58)60-33-20-31(54)35(50-42-23-10-2-3-11-24(23)43-50)39(56)37(33)52-46-27-14-6-7-15-28(27)47-52)18-19-59-61-34-21-32(55)36(51-44-25-12-4-5-13-26(25)45-51)40(57)38(34)53-48-29-16-8-9-17-30(29)49-53/h2-17,20-22,54-57H,18-19H2,1H3. The minimum absolute atomic E-state index is 0.0387. The summed E-state index contributed by atoms with van der Waals surface area (Å²) in [6.45, 7) is 1.39. The zero-order valence-electron chi connectivity index (χ0n) is 31.7. The van der Waals surface area contributed by atoms with E-state index in [1.165, 1.54) is 6.07 Å². The highest BCUT2D eigenvalue weighted by molar-refractivity contribution is 5.81. The topological polar surface area (TPSA) is 249 Å². The second kappa shape index (κ2) is 14.6. The number of phenols is 4. The molecule has 4 N–H and O–H groups in total. The first kappa shape index (κ1) is 36.7. The SMILES string of the molecule is CC(CCOOc1cc(O)c(-n2nc3ccccc3n2)c(O)c1-n1nc2ccccc2n1)C(=O)Oc1cc(O)c(-n2nc3ccccc3n2)c(O)c1-n1nc2ccccc2n1. The Morgan fingerprint density at radius 1 is 0.508 bits per heavy atom. The van der Waals surface area contributed by atoms with E-state index in [1.807, 2.05) is 0 Å². The summed E-state index contributed by atoms with van der Waals surface area (Å²) in [7, 11) is 0. The Balaban J connectivity index is 0.910. The van der Waals surface area contributed by atoms with Gasteiger partial charge in [0.2, 0.25) is 5.75 Å².